The number of methoxy groups -OCH3 is 4. The molecule has 0 aliphatic heterocycles. The SMILES string of the molecule is COCC(C)Nc1nc2c(s1)-c1nc(Nc3cc(OC)c(OC)c(OC)c3)ncc1CC2. The molecule has 32 heavy (non-hydrogen) atoms. The number of hydrogen-bond donors (Lipinski definition) is 2. The zero-order valence-corrected chi connectivity index (χ0v) is 19.6. The average molecular weight is 458 g/mol. The van der Waals surface area contributed by atoms with Gasteiger partial charge < -0.3 is 29.6 Å². The molecule has 0 spiro atoms. The van der Waals surface area contributed by atoms with Gasteiger partial charge in [0.15, 0.2) is 16.6 Å². The highest BCUT2D eigenvalue weighted by Crippen LogP contribution is 2.41. The van der Waals surface area contributed by atoms with E-state index in [2.05, 4.69) is 22.5 Å². The Hall–Kier alpha value is -3.11. The van der Waals surface area contributed by atoms with Gasteiger partial charge >= 0.3 is 0 Å². The Morgan fingerprint density at radius 3 is 2.44 bits per heavy atom. The van der Waals surface area contributed by atoms with Crippen LogP contribution in [0.2, 0.25) is 0 Å². The summed E-state index contributed by atoms with van der Waals surface area (Å²) in [5, 5.41) is 7.54. The third kappa shape index (κ3) is 4.42. The molecule has 0 saturated carbocycles. The molecule has 1 aliphatic rings. The van der Waals surface area contributed by atoms with Gasteiger partial charge in [0.2, 0.25) is 11.7 Å². The zero-order valence-electron chi connectivity index (χ0n) is 18.8. The molecule has 0 bridgehead atoms. The fraction of sp³-hybridized carbons (Fsp3) is 0.409. The van der Waals surface area contributed by atoms with Crippen molar-refractivity contribution < 1.29 is 18.9 Å². The molecule has 0 radical (unpaired) electrons. The van der Waals surface area contributed by atoms with Crippen molar-refractivity contribution in [3.05, 3.63) is 29.6 Å². The number of ether oxygens (including phenoxy) is 4. The monoisotopic (exact) mass is 457 g/mol. The maximum atomic E-state index is 5.44. The quantitative estimate of drug-likeness (QED) is 0.495. The van der Waals surface area contributed by atoms with Crippen LogP contribution < -0.4 is 24.8 Å². The molecule has 9 nitrogen and oxygen atoms in total. The summed E-state index contributed by atoms with van der Waals surface area (Å²) in [6.07, 6.45) is 3.62. The Balaban J connectivity index is 1.63. The molecule has 0 saturated heterocycles. The molecule has 1 aliphatic carbocycles. The van der Waals surface area contributed by atoms with Gasteiger partial charge in [-0.05, 0) is 25.3 Å². The molecule has 4 rings (SSSR count). The van der Waals surface area contributed by atoms with Crippen molar-refractivity contribution in [2.24, 2.45) is 0 Å². The molecule has 3 aromatic rings. The number of fused-ring (bicyclic) bond motifs is 3. The number of aromatic nitrogens is 3. The molecule has 1 aromatic carbocycles. The van der Waals surface area contributed by atoms with Gasteiger partial charge in [0, 0.05) is 37.2 Å². The summed E-state index contributed by atoms with van der Waals surface area (Å²) in [6.45, 7) is 2.69. The van der Waals surface area contributed by atoms with Gasteiger partial charge in [0.05, 0.1) is 44.2 Å². The molecule has 1 unspecified atom stereocenters. The number of hydrogen-bond acceptors (Lipinski definition) is 10. The summed E-state index contributed by atoms with van der Waals surface area (Å²) in [5.41, 5.74) is 3.83. The lowest BCUT2D eigenvalue weighted by atomic mass is 10.00. The second-order valence-corrected chi connectivity index (χ2v) is 8.40. The van der Waals surface area contributed by atoms with E-state index >= 15 is 0 Å². The van der Waals surface area contributed by atoms with E-state index in [1.54, 1.807) is 39.8 Å². The molecule has 0 amide bonds. The first-order valence-corrected chi connectivity index (χ1v) is 11.1. The number of anilines is 3. The van der Waals surface area contributed by atoms with Crippen LogP contribution in [0.3, 0.4) is 0 Å². The number of nitrogens with zero attached hydrogens (tertiary/aromatic N) is 3. The van der Waals surface area contributed by atoms with Crippen LogP contribution in [0.15, 0.2) is 18.3 Å². The highest BCUT2D eigenvalue weighted by Gasteiger charge is 2.24. The first kappa shape index (κ1) is 22.1. The molecular formula is C22H27N5O4S. The van der Waals surface area contributed by atoms with E-state index in [0.29, 0.717) is 29.8 Å². The van der Waals surface area contributed by atoms with Gasteiger partial charge in [-0.1, -0.05) is 11.3 Å². The summed E-state index contributed by atoms with van der Waals surface area (Å²) in [6, 6.07) is 3.82. The summed E-state index contributed by atoms with van der Waals surface area (Å²) in [5.74, 6) is 2.13. The Morgan fingerprint density at radius 1 is 1.03 bits per heavy atom. The van der Waals surface area contributed by atoms with Crippen LogP contribution in [0.4, 0.5) is 16.8 Å². The predicted molar refractivity (Wildman–Crippen MR) is 125 cm³/mol. The second kappa shape index (κ2) is 9.58. The highest BCUT2D eigenvalue weighted by atomic mass is 32.1. The minimum Gasteiger partial charge on any atom is -0.493 e. The number of nitrogens with one attached hydrogen (secondary N) is 2. The van der Waals surface area contributed by atoms with Crippen LogP contribution in [0.5, 0.6) is 17.2 Å². The van der Waals surface area contributed by atoms with Crippen molar-refractivity contribution in [3.8, 4) is 27.8 Å². The topological polar surface area (TPSA) is 99.7 Å². The molecule has 10 heteroatoms. The number of aryl methyl sites for hydroxylation is 2. The summed E-state index contributed by atoms with van der Waals surface area (Å²) in [7, 11) is 6.44. The fourth-order valence-corrected chi connectivity index (χ4v) is 4.80. The lowest BCUT2D eigenvalue weighted by molar-refractivity contribution is 0.190. The normalized spacial score (nSPS) is 13.0. The number of benzene rings is 1. The van der Waals surface area contributed by atoms with E-state index in [1.165, 1.54) is 0 Å². The largest absolute Gasteiger partial charge is 0.493 e. The zero-order chi connectivity index (χ0) is 22.7. The molecule has 2 N–H and O–H groups in total. The van der Waals surface area contributed by atoms with Crippen LogP contribution in [0.25, 0.3) is 10.6 Å². The highest BCUT2D eigenvalue weighted by molar-refractivity contribution is 7.19. The summed E-state index contributed by atoms with van der Waals surface area (Å²) < 4.78 is 21.5. The average Bonchev–Trinajstić information content (AvgIpc) is 3.21. The molecule has 1 atom stereocenters. The standard InChI is InChI=1S/C22H27N5O4S/c1-12(11-28-2)24-22-26-15-7-6-13-10-23-21(27-18(13)20(15)32-22)25-14-8-16(29-3)19(31-5)17(9-14)30-4/h8-10,12H,6-7,11H2,1-5H3,(H,24,26)(H,23,25,27). The molecule has 2 heterocycles. The minimum absolute atomic E-state index is 0.176. The minimum atomic E-state index is 0.176. The van der Waals surface area contributed by atoms with Crippen LogP contribution in [0, 0.1) is 0 Å². The van der Waals surface area contributed by atoms with Crippen LogP contribution >= 0.6 is 11.3 Å². The third-order valence-electron chi connectivity index (χ3n) is 5.12. The van der Waals surface area contributed by atoms with Crippen molar-refractivity contribution in [2.75, 3.05) is 45.7 Å². The van der Waals surface area contributed by atoms with Gasteiger partial charge in [-0.2, -0.15) is 0 Å². The lowest BCUT2D eigenvalue weighted by Crippen LogP contribution is -2.20. The Labute approximate surface area is 191 Å². The van der Waals surface area contributed by atoms with E-state index in [4.69, 9.17) is 28.9 Å². The molecular weight excluding hydrogens is 430 g/mol. The predicted octanol–water partition coefficient (Wildman–Crippen LogP) is 3.91. The molecule has 170 valence electrons. The third-order valence-corrected chi connectivity index (χ3v) is 6.15. The van der Waals surface area contributed by atoms with Gasteiger partial charge in [0.25, 0.3) is 0 Å². The van der Waals surface area contributed by atoms with Crippen molar-refractivity contribution >= 4 is 28.1 Å². The maximum Gasteiger partial charge on any atom is 0.227 e. The van der Waals surface area contributed by atoms with Gasteiger partial charge in [-0.25, -0.2) is 15.0 Å². The first-order valence-electron chi connectivity index (χ1n) is 10.2. The van der Waals surface area contributed by atoms with E-state index < -0.39 is 0 Å². The maximum absolute atomic E-state index is 5.44. The van der Waals surface area contributed by atoms with E-state index in [9.17, 15) is 0 Å². The molecule has 0 fully saturated rings. The van der Waals surface area contributed by atoms with Crippen molar-refractivity contribution in [1.82, 2.24) is 15.0 Å². The van der Waals surface area contributed by atoms with Crippen molar-refractivity contribution in [2.45, 2.75) is 25.8 Å². The van der Waals surface area contributed by atoms with Gasteiger partial charge in [-0.3, -0.25) is 0 Å². The Morgan fingerprint density at radius 2 is 1.78 bits per heavy atom. The fourth-order valence-electron chi connectivity index (χ4n) is 3.65. The smallest absolute Gasteiger partial charge is 0.227 e. The van der Waals surface area contributed by atoms with Crippen molar-refractivity contribution in [1.29, 1.82) is 0 Å². The Bertz CT molecular complexity index is 1080. The Kier molecular flexibility index (Phi) is 6.61. The lowest BCUT2D eigenvalue weighted by Gasteiger charge is -2.16. The number of thiazole rings is 1. The van der Waals surface area contributed by atoms with E-state index in [1.807, 2.05) is 18.3 Å². The molecule has 2 aromatic heterocycles. The van der Waals surface area contributed by atoms with Gasteiger partial charge in [0.1, 0.15) is 0 Å². The van der Waals surface area contributed by atoms with E-state index in [-0.39, 0.29) is 6.04 Å². The van der Waals surface area contributed by atoms with Crippen LogP contribution in [0.1, 0.15) is 18.2 Å². The first-order chi connectivity index (χ1) is 15.6. The van der Waals surface area contributed by atoms with E-state index in [0.717, 1.165) is 45.5 Å². The van der Waals surface area contributed by atoms with Crippen molar-refractivity contribution in [3.63, 3.8) is 0 Å². The summed E-state index contributed by atoms with van der Waals surface area (Å²) in [4.78, 5) is 15.2. The van der Waals surface area contributed by atoms with Crippen LogP contribution in [-0.2, 0) is 17.6 Å². The second-order valence-electron chi connectivity index (χ2n) is 7.40. The van der Waals surface area contributed by atoms with Gasteiger partial charge in [-0.15, -0.1) is 0 Å². The number of rotatable bonds is 9. The summed E-state index contributed by atoms with van der Waals surface area (Å²) >= 11 is 1.61. The van der Waals surface area contributed by atoms with Crippen LogP contribution in [-0.4, -0.2) is 56.0 Å².